The molecule has 0 unspecified atom stereocenters. The van der Waals surface area contributed by atoms with Gasteiger partial charge in [-0.05, 0) is 67.6 Å². The second-order valence-electron chi connectivity index (χ2n) is 9.22. The quantitative estimate of drug-likeness (QED) is 0.640. The lowest BCUT2D eigenvalue weighted by Crippen LogP contribution is -2.35. The number of sulfonamides is 1. The van der Waals surface area contributed by atoms with Gasteiger partial charge in [-0.1, -0.05) is 49.2 Å². The number of nitrogens with zero attached hydrogens (tertiary/aromatic N) is 2. The van der Waals surface area contributed by atoms with Gasteiger partial charge < -0.3 is 5.32 Å². The Labute approximate surface area is 198 Å². The molecule has 4 rings (SSSR count). The van der Waals surface area contributed by atoms with E-state index in [1.54, 1.807) is 28.6 Å². The molecule has 0 atom stereocenters. The Morgan fingerprint density at radius 3 is 1.91 bits per heavy atom. The van der Waals surface area contributed by atoms with Gasteiger partial charge in [-0.15, -0.1) is 0 Å². The molecular weight excluding hydrogens is 434 g/mol. The number of likely N-dealkylation sites (tertiary alicyclic amines) is 1. The van der Waals surface area contributed by atoms with Crippen LogP contribution in [0.4, 0.5) is 0 Å². The minimum absolute atomic E-state index is 0.0703. The molecule has 2 heterocycles. The van der Waals surface area contributed by atoms with Crippen LogP contribution in [-0.2, 0) is 34.3 Å². The predicted molar refractivity (Wildman–Crippen MR) is 130 cm³/mol. The summed E-state index contributed by atoms with van der Waals surface area (Å²) in [5.74, 6) is -0.0703. The first-order valence-corrected chi connectivity index (χ1v) is 13.6. The van der Waals surface area contributed by atoms with Crippen LogP contribution in [0.15, 0.2) is 53.4 Å². The number of benzene rings is 2. The Hall–Kier alpha value is -2.22. The average molecular weight is 470 g/mol. The van der Waals surface area contributed by atoms with Gasteiger partial charge in [0.25, 0.3) is 0 Å². The maximum Gasteiger partial charge on any atom is 0.243 e. The van der Waals surface area contributed by atoms with E-state index in [0.29, 0.717) is 24.5 Å². The predicted octanol–water partition coefficient (Wildman–Crippen LogP) is 3.71. The SMILES string of the molecule is O=C(Cc1ccc(S(=O)(=O)N2CCCCC2)cc1)NCc1ccc(CN2CCCCC2)cc1. The first-order valence-electron chi connectivity index (χ1n) is 12.2. The summed E-state index contributed by atoms with van der Waals surface area (Å²) < 4.78 is 27.1. The Morgan fingerprint density at radius 2 is 1.27 bits per heavy atom. The summed E-state index contributed by atoms with van der Waals surface area (Å²) in [6, 6.07) is 15.2. The first kappa shape index (κ1) is 23.9. The minimum Gasteiger partial charge on any atom is -0.352 e. The van der Waals surface area contributed by atoms with Gasteiger partial charge in [0, 0.05) is 26.2 Å². The lowest BCUT2D eigenvalue weighted by atomic mass is 10.1. The molecule has 0 aromatic heterocycles. The van der Waals surface area contributed by atoms with Gasteiger partial charge in [-0.25, -0.2) is 8.42 Å². The summed E-state index contributed by atoms with van der Waals surface area (Å²) in [6.07, 6.45) is 7.08. The highest BCUT2D eigenvalue weighted by molar-refractivity contribution is 7.89. The van der Waals surface area contributed by atoms with Crippen LogP contribution in [0, 0.1) is 0 Å². The molecule has 7 heteroatoms. The van der Waals surface area contributed by atoms with Crippen molar-refractivity contribution in [3.63, 3.8) is 0 Å². The number of carbonyl (C=O) groups excluding carboxylic acids is 1. The summed E-state index contributed by atoms with van der Waals surface area (Å²) >= 11 is 0. The molecule has 0 aliphatic carbocycles. The molecule has 2 aromatic carbocycles. The van der Waals surface area contributed by atoms with Gasteiger partial charge >= 0.3 is 0 Å². The van der Waals surface area contributed by atoms with E-state index in [0.717, 1.165) is 36.9 Å². The van der Waals surface area contributed by atoms with E-state index in [2.05, 4.69) is 34.5 Å². The van der Waals surface area contributed by atoms with Crippen LogP contribution in [0.3, 0.4) is 0 Å². The number of piperidine rings is 2. The minimum atomic E-state index is -3.44. The zero-order valence-corrected chi connectivity index (χ0v) is 20.2. The maximum absolute atomic E-state index is 12.8. The van der Waals surface area contributed by atoms with Gasteiger partial charge in [0.15, 0.2) is 0 Å². The monoisotopic (exact) mass is 469 g/mol. The number of hydrogen-bond acceptors (Lipinski definition) is 4. The van der Waals surface area contributed by atoms with Crippen LogP contribution in [0.25, 0.3) is 0 Å². The molecule has 1 amide bonds. The Kier molecular flexibility index (Phi) is 8.17. The lowest BCUT2D eigenvalue weighted by Gasteiger charge is -2.26. The van der Waals surface area contributed by atoms with Crippen molar-refractivity contribution in [2.75, 3.05) is 26.2 Å². The third kappa shape index (κ3) is 6.65. The Bertz CT molecular complexity index is 1010. The highest BCUT2D eigenvalue weighted by Gasteiger charge is 2.25. The number of amides is 1. The molecule has 0 bridgehead atoms. The van der Waals surface area contributed by atoms with Gasteiger partial charge in [-0.3, -0.25) is 9.69 Å². The largest absolute Gasteiger partial charge is 0.352 e. The van der Waals surface area contributed by atoms with Crippen LogP contribution in [0.1, 0.15) is 55.2 Å². The smallest absolute Gasteiger partial charge is 0.243 e. The normalized spacial score (nSPS) is 18.2. The van der Waals surface area contributed by atoms with Crippen molar-refractivity contribution >= 4 is 15.9 Å². The first-order chi connectivity index (χ1) is 16.0. The summed E-state index contributed by atoms with van der Waals surface area (Å²) in [5, 5.41) is 2.97. The standard InChI is InChI=1S/C26H35N3O3S/c30-26(27-20-23-7-9-24(10-8-23)21-28-15-3-1-4-16-28)19-22-11-13-25(14-12-22)33(31,32)29-17-5-2-6-18-29/h7-14H,1-6,15-21H2,(H,27,30). The second kappa shape index (κ2) is 11.3. The molecular formula is C26H35N3O3S. The zero-order valence-electron chi connectivity index (χ0n) is 19.3. The van der Waals surface area contributed by atoms with E-state index < -0.39 is 10.0 Å². The van der Waals surface area contributed by atoms with E-state index in [-0.39, 0.29) is 12.3 Å². The maximum atomic E-state index is 12.8. The van der Waals surface area contributed by atoms with Gasteiger partial charge in [0.2, 0.25) is 15.9 Å². The molecule has 178 valence electrons. The van der Waals surface area contributed by atoms with Crippen molar-refractivity contribution in [1.29, 1.82) is 0 Å². The van der Waals surface area contributed by atoms with Crippen LogP contribution in [0.2, 0.25) is 0 Å². The number of carbonyl (C=O) groups is 1. The summed E-state index contributed by atoms with van der Waals surface area (Å²) in [5.41, 5.74) is 3.20. The molecule has 0 radical (unpaired) electrons. The Balaban J connectivity index is 1.25. The fraction of sp³-hybridized carbons (Fsp3) is 0.500. The highest BCUT2D eigenvalue weighted by atomic mass is 32.2. The summed E-state index contributed by atoms with van der Waals surface area (Å²) in [7, 11) is -3.44. The molecule has 1 N–H and O–H groups in total. The third-order valence-corrected chi connectivity index (χ3v) is 8.52. The van der Waals surface area contributed by atoms with Gasteiger partial charge in [-0.2, -0.15) is 4.31 Å². The van der Waals surface area contributed by atoms with Crippen LogP contribution in [0.5, 0.6) is 0 Å². The van der Waals surface area contributed by atoms with Crippen molar-refractivity contribution in [1.82, 2.24) is 14.5 Å². The van der Waals surface area contributed by atoms with Crippen LogP contribution in [-0.4, -0.2) is 49.7 Å². The summed E-state index contributed by atoms with van der Waals surface area (Å²) in [4.78, 5) is 15.2. The van der Waals surface area contributed by atoms with Crippen LogP contribution >= 0.6 is 0 Å². The van der Waals surface area contributed by atoms with E-state index in [1.165, 1.54) is 37.9 Å². The molecule has 6 nitrogen and oxygen atoms in total. The van der Waals surface area contributed by atoms with Crippen LogP contribution < -0.4 is 5.32 Å². The molecule has 0 saturated carbocycles. The van der Waals surface area contributed by atoms with Crippen molar-refractivity contribution in [3.8, 4) is 0 Å². The number of nitrogens with one attached hydrogen (secondary N) is 1. The average Bonchev–Trinajstić information content (AvgIpc) is 2.85. The molecule has 33 heavy (non-hydrogen) atoms. The third-order valence-electron chi connectivity index (χ3n) is 6.61. The molecule has 2 aliphatic rings. The zero-order chi connectivity index (χ0) is 23.1. The molecule has 2 saturated heterocycles. The van der Waals surface area contributed by atoms with E-state index >= 15 is 0 Å². The molecule has 2 aliphatic heterocycles. The van der Waals surface area contributed by atoms with Crippen molar-refractivity contribution in [2.24, 2.45) is 0 Å². The van der Waals surface area contributed by atoms with E-state index in [9.17, 15) is 13.2 Å². The second-order valence-corrected chi connectivity index (χ2v) is 11.2. The number of rotatable bonds is 8. The molecule has 0 spiro atoms. The number of hydrogen-bond donors (Lipinski definition) is 1. The fourth-order valence-electron chi connectivity index (χ4n) is 4.62. The van der Waals surface area contributed by atoms with Gasteiger partial charge in [0.05, 0.1) is 11.3 Å². The van der Waals surface area contributed by atoms with E-state index in [1.807, 2.05) is 0 Å². The topological polar surface area (TPSA) is 69.7 Å². The van der Waals surface area contributed by atoms with Crippen molar-refractivity contribution in [2.45, 2.75) is 62.9 Å². The molecule has 2 fully saturated rings. The highest BCUT2D eigenvalue weighted by Crippen LogP contribution is 2.21. The lowest BCUT2D eigenvalue weighted by molar-refractivity contribution is -0.120. The van der Waals surface area contributed by atoms with Crippen molar-refractivity contribution in [3.05, 3.63) is 65.2 Å². The fourth-order valence-corrected chi connectivity index (χ4v) is 6.14. The van der Waals surface area contributed by atoms with Crippen molar-refractivity contribution < 1.29 is 13.2 Å². The van der Waals surface area contributed by atoms with Gasteiger partial charge in [0.1, 0.15) is 0 Å². The van der Waals surface area contributed by atoms with E-state index in [4.69, 9.17) is 0 Å². The summed E-state index contributed by atoms with van der Waals surface area (Å²) in [6.45, 7) is 5.03. The Morgan fingerprint density at radius 1 is 0.727 bits per heavy atom. The molecule has 2 aromatic rings.